The fourth-order valence-electron chi connectivity index (χ4n) is 3.29. The van der Waals surface area contributed by atoms with Gasteiger partial charge < -0.3 is 14.8 Å². The third-order valence-electron chi connectivity index (χ3n) is 5.00. The Morgan fingerprint density at radius 3 is 2.15 bits per heavy atom. The molecule has 0 aliphatic carbocycles. The Morgan fingerprint density at radius 2 is 1.52 bits per heavy atom. The van der Waals surface area contributed by atoms with Gasteiger partial charge in [-0.25, -0.2) is 9.97 Å². The van der Waals surface area contributed by atoms with Gasteiger partial charge in [0, 0.05) is 37.9 Å². The van der Waals surface area contributed by atoms with E-state index < -0.39 is 0 Å². The van der Waals surface area contributed by atoms with Crippen molar-refractivity contribution in [2.45, 2.75) is 13.8 Å². The largest absolute Gasteiger partial charge is 0.357 e. The molecule has 0 unspecified atom stereocenters. The van der Waals surface area contributed by atoms with Gasteiger partial charge in [0.2, 0.25) is 0 Å². The quantitative estimate of drug-likeness (QED) is 0.756. The van der Waals surface area contributed by atoms with Crippen molar-refractivity contribution in [1.82, 2.24) is 24.8 Å². The number of H-pyrrole nitrogens is 1. The Bertz CT molecular complexity index is 1000. The molecule has 1 saturated heterocycles. The van der Waals surface area contributed by atoms with Crippen molar-refractivity contribution >= 4 is 22.8 Å². The van der Waals surface area contributed by atoms with Crippen LogP contribution < -0.4 is 0 Å². The van der Waals surface area contributed by atoms with Gasteiger partial charge in [-0.15, -0.1) is 0 Å². The number of aromatic amines is 1. The summed E-state index contributed by atoms with van der Waals surface area (Å²) in [5.74, 6) is -0.0668. The number of hydrogen-bond donors (Lipinski definition) is 1. The molecule has 1 aliphatic rings. The lowest BCUT2D eigenvalue weighted by molar-refractivity contribution is 0.0533. The zero-order chi connectivity index (χ0) is 19.0. The van der Waals surface area contributed by atoms with E-state index in [1.807, 2.05) is 19.9 Å². The van der Waals surface area contributed by atoms with Gasteiger partial charge in [0.05, 0.1) is 22.4 Å². The second-order valence-electron chi connectivity index (χ2n) is 6.77. The second kappa shape index (κ2) is 6.83. The maximum Gasteiger partial charge on any atom is 0.270 e. The van der Waals surface area contributed by atoms with Gasteiger partial charge in [-0.05, 0) is 44.2 Å². The van der Waals surface area contributed by atoms with Gasteiger partial charge in [-0.2, -0.15) is 0 Å². The van der Waals surface area contributed by atoms with E-state index in [1.165, 1.54) is 0 Å². The third kappa shape index (κ3) is 3.28. The van der Waals surface area contributed by atoms with E-state index in [0.29, 0.717) is 37.4 Å². The molecule has 3 heterocycles. The molecule has 1 N–H and O–H groups in total. The highest BCUT2D eigenvalue weighted by Crippen LogP contribution is 2.17. The number of amides is 2. The molecule has 0 radical (unpaired) electrons. The number of carbonyl (C=O) groups excluding carboxylic acids is 2. The van der Waals surface area contributed by atoms with Crippen LogP contribution in [0.5, 0.6) is 0 Å². The first kappa shape index (κ1) is 17.2. The molecule has 1 fully saturated rings. The number of nitrogens with one attached hydrogen (secondary N) is 1. The Balaban J connectivity index is 1.47. The number of carbonyl (C=O) groups is 2. The fraction of sp³-hybridized carbons (Fsp3) is 0.300. The van der Waals surface area contributed by atoms with E-state index >= 15 is 0 Å². The van der Waals surface area contributed by atoms with E-state index in [4.69, 9.17) is 0 Å². The summed E-state index contributed by atoms with van der Waals surface area (Å²) in [5.41, 5.74) is 4.45. The van der Waals surface area contributed by atoms with Crippen LogP contribution in [0.3, 0.4) is 0 Å². The van der Waals surface area contributed by atoms with Gasteiger partial charge >= 0.3 is 0 Å². The van der Waals surface area contributed by atoms with Crippen molar-refractivity contribution in [2.24, 2.45) is 0 Å². The fourth-order valence-corrected chi connectivity index (χ4v) is 3.29. The lowest BCUT2D eigenvalue weighted by Gasteiger charge is -2.34. The van der Waals surface area contributed by atoms with Gasteiger partial charge in [0.1, 0.15) is 5.69 Å². The summed E-state index contributed by atoms with van der Waals surface area (Å²) in [7, 11) is 0. The third-order valence-corrected chi connectivity index (χ3v) is 5.00. The molecule has 0 bridgehead atoms. The van der Waals surface area contributed by atoms with Crippen LogP contribution in [0.25, 0.3) is 11.0 Å². The van der Waals surface area contributed by atoms with Crippen LogP contribution in [0.1, 0.15) is 32.2 Å². The molecule has 7 heteroatoms. The first-order chi connectivity index (χ1) is 13.0. The zero-order valence-electron chi connectivity index (χ0n) is 15.4. The number of hydrogen-bond acceptors (Lipinski definition) is 4. The predicted molar refractivity (Wildman–Crippen MR) is 102 cm³/mol. The van der Waals surface area contributed by atoms with Crippen molar-refractivity contribution in [2.75, 3.05) is 26.2 Å². The smallest absolute Gasteiger partial charge is 0.270 e. The molecule has 27 heavy (non-hydrogen) atoms. The van der Waals surface area contributed by atoms with E-state index in [1.54, 1.807) is 40.3 Å². The van der Waals surface area contributed by atoms with E-state index in [2.05, 4.69) is 15.0 Å². The standard InChI is InChI=1S/C20H21N5O2/c1-13-14(2)23-18-12-15(5-6-16(18)22-13)19(26)24-8-10-25(11-9-24)20(27)17-4-3-7-21-17/h3-7,12,21H,8-11H2,1-2H3. The highest BCUT2D eigenvalue weighted by atomic mass is 16.2. The minimum Gasteiger partial charge on any atom is -0.357 e. The van der Waals surface area contributed by atoms with Crippen molar-refractivity contribution in [3.63, 3.8) is 0 Å². The molecular formula is C20H21N5O2. The first-order valence-corrected chi connectivity index (χ1v) is 9.00. The van der Waals surface area contributed by atoms with Crippen LogP contribution in [0.2, 0.25) is 0 Å². The topological polar surface area (TPSA) is 82.2 Å². The molecule has 2 amide bonds. The first-order valence-electron chi connectivity index (χ1n) is 9.00. The average Bonchev–Trinajstić information content (AvgIpc) is 3.22. The Kier molecular flexibility index (Phi) is 4.35. The number of rotatable bonds is 2. The SMILES string of the molecule is Cc1nc2ccc(C(=O)N3CCN(C(=O)c4ccc[nH]4)CC3)cc2nc1C. The van der Waals surface area contributed by atoms with Crippen LogP contribution in [-0.2, 0) is 0 Å². The molecule has 7 nitrogen and oxygen atoms in total. The molecular weight excluding hydrogens is 342 g/mol. The molecule has 4 rings (SSSR count). The number of aromatic nitrogens is 3. The van der Waals surface area contributed by atoms with Crippen molar-refractivity contribution in [1.29, 1.82) is 0 Å². The van der Waals surface area contributed by atoms with Crippen LogP contribution in [-0.4, -0.2) is 62.7 Å². The number of nitrogens with zero attached hydrogens (tertiary/aromatic N) is 4. The molecule has 0 spiro atoms. The van der Waals surface area contributed by atoms with Crippen molar-refractivity contribution in [3.05, 3.63) is 59.2 Å². The summed E-state index contributed by atoms with van der Waals surface area (Å²) in [6.45, 7) is 5.92. The number of fused-ring (bicyclic) bond motifs is 1. The minimum atomic E-state index is -0.0381. The second-order valence-corrected chi connectivity index (χ2v) is 6.77. The molecule has 1 aromatic carbocycles. The lowest BCUT2D eigenvalue weighted by atomic mass is 10.1. The normalized spacial score (nSPS) is 14.6. The number of benzene rings is 1. The Morgan fingerprint density at radius 1 is 0.889 bits per heavy atom. The Labute approximate surface area is 157 Å². The van der Waals surface area contributed by atoms with Crippen molar-refractivity contribution in [3.8, 4) is 0 Å². The minimum absolute atomic E-state index is 0.0288. The van der Waals surface area contributed by atoms with Gasteiger partial charge in [0.15, 0.2) is 0 Å². The highest BCUT2D eigenvalue weighted by Gasteiger charge is 2.26. The molecule has 1 aliphatic heterocycles. The summed E-state index contributed by atoms with van der Waals surface area (Å²) >= 11 is 0. The van der Waals surface area contributed by atoms with Crippen LogP contribution in [0.4, 0.5) is 0 Å². The number of piperazine rings is 1. The van der Waals surface area contributed by atoms with Crippen molar-refractivity contribution < 1.29 is 9.59 Å². The van der Waals surface area contributed by atoms with E-state index in [-0.39, 0.29) is 11.8 Å². The molecule has 2 aromatic heterocycles. The maximum atomic E-state index is 12.9. The molecule has 0 atom stereocenters. The maximum absolute atomic E-state index is 12.9. The monoisotopic (exact) mass is 363 g/mol. The summed E-state index contributed by atoms with van der Waals surface area (Å²) in [5, 5.41) is 0. The number of aryl methyl sites for hydroxylation is 2. The lowest BCUT2D eigenvalue weighted by Crippen LogP contribution is -2.50. The van der Waals surface area contributed by atoms with Crippen LogP contribution >= 0.6 is 0 Å². The Hall–Kier alpha value is -3.22. The summed E-state index contributed by atoms with van der Waals surface area (Å²) < 4.78 is 0. The highest BCUT2D eigenvalue weighted by molar-refractivity contribution is 5.97. The predicted octanol–water partition coefficient (Wildman–Crippen LogP) is 2.17. The van der Waals surface area contributed by atoms with E-state index in [0.717, 1.165) is 22.4 Å². The van der Waals surface area contributed by atoms with Crippen LogP contribution in [0.15, 0.2) is 36.5 Å². The zero-order valence-corrected chi connectivity index (χ0v) is 15.4. The summed E-state index contributed by atoms with van der Waals surface area (Å²) in [6.07, 6.45) is 1.73. The molecule has 0 saturated carbocycles. The van der Waals surface area contributed by atoms with Gasteiger partial charge in [0.25, 0.3) is 11.8 Å². The summed E-state index contributed by atoms with van der Waals surface area (Å²) in [4.78, 5) is 40.8. The van der Waals surface area contributed by atoms with Gasteiger partial charge in [-0.3, -0.25) is 9.59 Å². The summed E-state index contributed by atoms with van der Waals surface area (Å²) in [6, 6.07) is 9.00. The van der Waals surface area contributed by atoms with Gasteiger partial charge in [-0.1, -0.05) is 0 Å². The molecule has 3 aromatic rings. The van der Waals surface area contributed by atoms with E-state index in [9.17, 15) is 9.59 Å². The molecule has 138 valence electrons. The van der Waals surface area contributed by atoms with Crippen LogP contribution in [0, 0.1) is 13.8 Å². The average molecular weight is 363 g/mol.